The molecule has 6 heteroatoms. The summed E-state index contributed by atoms with van der Waals surface area (Å²) in [5.74, 6) is 0.0237. The standard InChI is InChI=1S/C12H19ClN2O2S/c1-9(2)14-7-8-18(16,17)15-12-10(3)5-4-6-11(12)13/h4-6,9,14-15H,7-8H2,1-3H3. The normalized spacial score (nSPS) is 11.8. The van der Waals surface area contributed by atoms with E-state index in [-0.39, 0.29) is 11.8 Å². The monoisotopic (exact) mass is 290 g/mol. The van der Waals surface area contributed by atoms with Crippen LogP contribution in [0.2, 0.25) is 5.02 Å². The lowest BCUT2D eigenvalue weighted by atomic mass is 10.2. The van der Waals surface area contributed by atoms with E-state index in [2.05, 4.69) is 10.0 Å². The highest BCUT2D eigenvalue weighted by molar-refractivity contribution is 7.92. The highest BCUT2D eigenvalue weighted by Gasteiger charge is 2.13. The van der Waals surface area contributed by atoms with Crippen molar-refractivity contribution in [3.8, 4) is 0 Å². The first-order chi connectivity index (χ1) is 8.32. The van der Waals surface area contributed by atoms with Gasteiger partial charge < -0.3 is 5.32 Å². The van der Waals surface area contributed by atoms with Gasteiger partial charge in [0.1, 0.15) is 0 Å². The molecule has 0 fully saturated rings. The minimum absolute atomic E-state index is 0.0237. The van der Waals surface area contributed by atoms with E-state index in [0.717, 1.165) is 5.56 Å². The van der Waals surface area contributed by atoms with Gasteiger partial charge in [-0.25, -0.2) is 8.42 Å². The van der Waals surface area contributed by atoms with E-state index in [1.165, 1.54) is 0 Å². The van der Waals surface area contributed by atoms with Crippen LogP contribution in [-0.4, -0.2) is 26.8 Å². The molecule has 0 radical (unpaired) electrons. The lowest BCUT2D eigenvalue weighted by Gasteiger charge is -2.13. The summed E-state index contributed by atoms with van der Waals surface area (Å²) in [6, 6.07) is 5.53. The van der Waals surface area contributed by atoms with Gasteiger partial charge in [-0.15, -0.1) is 0 Å². The van der Waals surface area contributed by atoms with Crippen LogP contribution in [0.1, 0.15) is 19.4 Å². The van der Waals surface area contributed by atoms with Crippen molar-refractivity contribution < 1.29 is 8.42 Å². The lowest BCUT2D eigenvalue weighted by molar-refractivity contribution is 0.582. The zero-order chi connectivity index (χ0) is 13.8. The molecular weight excluding hydrogens is 272 g/mol. The van der Waals surface area contributed by atoms with Gasteiger partial charge in [-0.3, -0.25) is 4.72 Å². The first-order valence-electron chi connectivity index (χ1n) is 5.81. The van der Waals surface area contributed by atoms with Crippen LogP contribution in [0.3, 0.4) is 0 Å². The van der Waals surface area contributed by atoms with Gasteiger partial charge in [-0.1, -0.05) is 37.6 Å². The molecule has 0 saturated heterocycles. The van der Waals surface area contributed by atoms with Gasteiger partial charge in [0.2, 0.25) is 10.0 Å². The molecule has 0 bridgehead atoms. The van der Waals surface area contributed by atoms with E-state index in [9.17, 15) is 8.42 Å². The summed E-state index contributed by atoms with van der Waals surface area (Å²) in [5, 5.41) is 3.48. The van der Waals surface area contributed by atoms with Crippen LogP contribution < -0.4 is 10.0 Å². The topological polar surface area (TPSA) is 58.2 Å². The van der Waals surface area contributed by atoms with Crippen molar-refractivity contribution in [3.63, 3.8) is 0 Å². The Kier molecular flexibility index (Phi) is 5.44. The highest BCUT2D eigenvalue weighted by Crippen LogP contribution is 2.26. The molecule has 0 aliphatic heterocycles. The Balaban J connectivity index is 2.71. The largest absolute Gasteiger partial charge is 0.313 e. The second-order valence-corrected chi connectivity index (χ2v) is 6.71. The van der Waals surface area contributed by atoms with Gasteiger partial charge in [0.15, 0.2) is 0 Å². The molecule has 102 valence electrons. The number of aryl methyl sites for hydroxylation is 1. The number of hydrogen-bond donors (Lipinski definition) is 2. The van der Waals surface area contributed by atoms with Crippen LogP contribution in [0.15, 0.2) is 18.2 Å². The zero-order valence-corrected chi connectivity index (χ0v) is 12.4. The number of rotatable bonds is 6. The molecule has 1 rings (SSSR count). The minimum atomic E-state index is -3.37. The third kappa shape index (κ3) is 4.84. The molecule has 4 nitrogen and oxygen atoms in total. The smallest absolute Gasteiger partial charge is 0.234 e. The Bertz CT molecular complexity index is 481. The van der Waals surface area contributed by atoms with Gasteiger partial charge in [0.25, 0.3) is 0 Å². The molecule has 1 aromatic carbocycles. The van der Waals surface area contributed by atoms with Gasteiger partial charge in [-0.05, 0) is 18.6 Å². The molecule has 0 aliphatic carbocycles. The highest BCUT2D eigenvalue weighted by atomic mass is 35.5. The molecule has 2 N–H and O–H groups in total. The van der Waals surface area contributed by atoms with Gasteiger partial charge in [-0.2, -0.15) is 0 Å². The third-order valence-electron chi connectivity index (χ3n) is 2.40. The number of para-hydroxylation sites is 1. The molecule has 0 amide bonds. The van der Waals surface area contributed by atoms with Crippen LogP contribution >= 0.6 is 11.6 Å². The van der Waals surface area contributed by atoms with Crippen LogP contribution in [0.4, 0.5) is 5.69 Å². The van der Waals surface area contributed by atoms with Crippen LogP contribution in [0.5, 0.6) is 0 Å². The van der Waals surface area contributed by atoms with Crippen LogP contribution in [0, 0.1) is 6.92 Å². The predicted molar refractivity (Wildman–Crippen MR) is 76.7 cm³/mol. The SMILES string of the molecule is Cc1cccc(Cl)c1NS(=O)(=O)CCNC(C)C. The fourth-order valence-corrected chi connectivity index (χ4v) is 2.85. The molecule has 0 spiro atoms. The molecule has 0 saturated carbocycles. The molecule has 0 unspecified atom stereocenters. The Hall–Kier alpha value is -0.780. The number of nitrogens with one attached hydrogen (secondary N) is 2. The maximum absolute atomic E-state index is 11.9. The van der Waals surface area contributed by atoms with Crippen molar-refractivity contribution in [2.75, 3.05) is 17.0 Å². The second kappa shape index (κ2) is 6.41. The minimum Gasteiger partial charge on any atom is -0.313 e. The number of anilines is 1. The summed E-state index contributed by atoms with van der Waals surface area (Å²) in [7, 11) is -3.37. The summed E-state index contributed by atoms with van der Waals surface area (Å²) in [6.07, 6.45) is 0. The quantitative estimate of drug-likeness (QED) is 0.846. The molecule has 0 aromatic heterocycles. The third-order valence-corrected chi connectivity index (χ3v) is 3.97. The maximum atomic E-state index is 11.9. The summed E-state index contributed by atoms with van der Waals surface area (Å²) >= 11 is 5.98. The summed E-state index contributed by atoms with van der Waals surface area (Å²) in [6.45, 7) is 6.17. The van der Waals surface area contributed by atoms with E-state index in [1.807, 2.05) is 26.8 Å². The van der Waals surface area contributed by atoms with E-state index >= 15 is 0 Å². The van der Waals surface area contributed by atoms with Crippen molar-refractivity contribution in [1.82, 2.24) is 5.32 Å². The Morgan fingerprint density at radius 2 is 2.00 bits per heavy atom. The average Bonchev–Trinajstić information content (AvgIpc) is 2.23. The fourth-order valence-electron chi connectivity index (χ4n) is 1.45. The summed E-state index contributed by atoms with van der Waals surface area (Å²) in [4.78, 5) is 0. The molecule has 1 aromatic rings. The van der Waals surface area contributed by atoms with Crippen molar-refractivity contribution in [2.24, 2.45) is 0 Å². The molecule has 0 atom stereocenters. The Morgan fingerprint density at radius 3 is 2.56 bits per heavy atom. The maximum Gasteiger partial charge on any atom is 0.234 e. The number of hydrogen-bond acceptors (Lipinski definition) is 3. The zero-order valence-electron chi connectivity index (χ0n) is 10.8. The lowest BCUT2D eigenvalue weighted by Crippen LogP contribution is -2.31. The van der Waals surface area contributed by atoms with Crippen molar-refractivity contribution in [3.05, 3.63) is 28.8 Å². The van der Waals surface area contributed by atoms with E-state index in [4.69, 9.17) is 11.6 Å². The molecular formula is C12H19ClN2O2S. The summed E-state index contributed by atoms with van der Waals surface area (Å²) < 4.78 is 26.3. The molecule has 0 heterocycles. The number of halogens is 1. The number of sulfonamides is 1. The first kappa shape index (κ1) is 15.3. The van der Waals surface area contributed by atoms with E-state index in [1.54, 1.807) is 12.1 Å². The first-order valence-corrected chi connectivity index (χ1v) is 7.84. The Labute approximate surface area is 114 Å². The average molecular weight is 291 g/mol. The van der Waals surface area contributed by atoms with Gasteiger partial charge in [0.05, 0.1) is 16.5 Å². The summed E-state index contributed by atoms with van der Waals surface area (Å²) in [5.41, 5.74) is 1.27. The van der Waals surface area contributed by atoms with Crippen molar-refractivity contribution >= 4 is 27.3 Å². The Morgan fingerprint density at radius 1 is 1.33 bits per heavy atom. The van der Waals surface area contributed by atoms with Crippen molar-refractivity contribution in [2.45, 2.75) is 26.8 Å². The number of benzene rings is 1. The van der Waals surface area contributed by atoms with Crippen molar-refractivity contribution in [1.29, 1.82) is 0 Å². The van der Waals surface area contributed by atoms with Gasteiger partial charge >= 0.3 is 0 Å². The fraction of sp³-hybridized carbons (Fsp3) is 0.500. The van der Waals surface area contributed by atoms with Gasteiger partial charge in [0, 0.05) is 12.6 Å². The van der Waals surface area contributed by atoms with E-state index < -0.39 is 10.0 Å². The molecule has 18 heavy (non-hydrogen) atoms. The van der Waals surface area contributed by atoms with Crippen LogP contribution in [0.25, 0.3) is 0 Å². The predicted octanol–water partition coefficient (Wildman–Crippen LogP) is 2.39. The van der Waals surface area contributed by atoms with E-state index in [0.29, 0.717) is 17.3 Å². The van der Waals surface area contributed by atoms with Crippen LogP contribution in [-0.2, 0) is 10.0 Å². The molecule has 0 aliphatic rings. The second-order valence-electron chi connectivity index (χ2n) is 4.46.